The van der Waals surface area contributed by atoms with Crippen molar-refractivity contribution in [2.75, 3.05) is 20.7 Å². The smallest absolute Gasteiger partial charge is 0.174 e. The molecule has 0 aromatic heterocycles. The molecule has 0 radical (unpaired) electrons. The molecule has 1 saturated heterocycles. The Kier molecular flexibility index (Phi) is 2.38. The number of carbonyl (C=O) groups excluding carboxylic acids is 1. The molecule has 5 rings (SSSR count). The van der Waals surface area contributed by atoms with Crippen molar-refractivity contribution in [3.63, 3.8) is 0 Å². The molecular weight excluding hydrogens is 278 g/mol. The van der Waals surface area contributed by atoms with Gasteiger partial charge in [0.15, 0.2) is 23.4 Å². The molecule has 22 heavy (non-hydrogen) atoms. The first-order valence-corrected chi connectivity index (χ1v) is 8.27. The topological polar surface area (TPSA) is 38.8 Å². The SMILES string of the molecule is COc1ccc2c3c1O[C@@H]1C(=O)CCC4C(C2)N(C)CC[C@]341. The molecule has 1 spiro atoms. The lowest BCUT2D eigenvalue weighted by Crippen LogP contribution is -2.65. The Hall–Kier alpha value is -1.55. The van der Waals surface area contributed by atoms with E-state index < -0.39 is 0 Å². The monoisotopic (exact) mass is 299 g/mol. The van der Waals surface area contributed by atoms with Gasteiger partial charge in [0.1, 0.15) is 0 Å². The van der Waals surface area contributed by atoms with E-state index in [-0.39, 0.29) is 17.3 Å². The van der Waals surface area contributed by atoms with E-state index in [4.69, 9.17) is 9.47 Å². The van der Waals surface area contributed by atoms with Crippen LogP contribution in [0.25, 0.3) is 0 Å². The van der Waals surface area contributed by atoms with Crippen molar-refractivity contribution < 1.29 is 14.3 Å². The standard InChI is InChI=1S/C18H21NO3/c1-19-8-7-18-11-4-5-13(20)17(18)22-16-14(21-2)6-3-10(15(16)18)9-12(11)19/h3,6,11-12,17H,4-5,7-9H2,1-2H3/t11?,12?,17-,18-/m1/s1. The highest BCUT2D eigenvalue weighted by atomic mass is 16.5. The molecule has 2 fully saturated rings. The van der Waals surface area contributed by atoms with Crippen molar-refractivity contribution in [2.24, 2.45) is 5.92 Å². The molecule has 4 aliphatic rings. The van der Waals surface area contributed by atoms with Gasteiger partial charge < -0.3 is 14.4 Å². The predicted molar refractivity (Wildman–Crippen MR) is 81.6 cm³/mol. The van der Waals surface area contributed by atoms with Gasteiger partial charge in [0.05, 0.1) is 7.11 Å². The van der Waals surface area contributed by atoms with Gasteiger partial charge in [0, 0.05) is 23.4 Å². The van der Waals surface area contributed by atoms with Gasteiger partial charge in [-0.2, -0.15) is 0 Å². The van der Waals surface area contributed by atoms with E-state index >= 15 is 0 Å². The molecule has 2 aliphatic heterocycles. The normalized spacial score (nSPS) is 38.5. The van der Waals surface area contributed by atoms with Crippen LogP contribution in [-0.2, 0) is 16.6 Å². The molecular formula is C18H21NO3. The Labute approximate surface area is 130 Å². The van der Waals surface area contributed by atoms with E-state index in [0.29, 0.717) is 18.4 Å². The summed E-state index contributed by atoms with van der Waals surface area (Å²) in [6, 6.07) is 4.73. The summed E-state index contributed by atoms with van der Waals surface area (Å²) < 4.78 is 11.8. The Bertz CT molecular complexity index is 685. The van der Waals surface area contributed by atoms with Crippen LogP contribution in [0.3, 0.4) is 0 Å². The van der Waals surface area contributed by atoms with Crippen LogP contribution in [0.1, 0.15) is 30.4 Å². The van der Waals surface area contributed by atoms with Crippen LogP contribution in [0.5, 0.6) is 11.5 Å². The number of nitrogens with zero attached hydrogens (tertiary/aromatic N) is 1. The zero-order chi connectivity index (χ0) is 15.1. The van der Waals surface area contributed by atoms with Gasteiger partial charge in [-0.1, -0.05) is 6.07 Å². The maximum Gasteiger partial charge on any atom is 0.174 e. The first kappa shape index (κ1) is 12.9. The third kappa shape index (κ3) is 1.27. The Balaban J connectivity index is 1.81. The van der Waals surface area contributed by atoms with Gasteiger partial charge in [-0.25, -0.2) is 0 Å². The zero-order valence-electron chi connectivity index (χ0n) is 13.1. The van der Waals surface area contributed by atoms with E-state index in [2.05, 4.69) is 18.0 Å². The molecule has 2 heterocycles. The third-order valence-corrected chi connectivity index (χ3v) is 6.59. The van der Waals surface area contributed by atoms with E-state index in [1.165, 1.54) is 11.1 Å². The molecule has 4 heteroatoms. The summed E-state index contributed by atoms with van der Waals surface area (Å²) in [7, 11) is 3.91. The van der Waals surface area contributed by atoms with Crippen LogP contribution in [-0.4, -0.2) is 43.5 Å². The first-order chi connectivity index (χ1) is 10.7. The van der Waals surface area contributed by atoms with Crippen LogP contribution in [0.2, 0.25) is 0 Å². The number of likely N-dealkylation sites (tertiary alicyclic amines) is 1. The second-order valence-corrected chi connectivity index (χ2v) is 7.28. The van der Waals surface area contributed by atoms with E-state index in [9.17, 15) is 4.79 Å². The van der Waals surface area contributed by atoms with Gasteiger partial charge >= 0.3 is 0 Å². The van der Waals surface area contributed by atoms with Crippen molar-refractivity contribution in [1.29, 1.82) is 0 Å². The quantitative estimate of drug-likeness (QED) is 0.794. The van der Waals surface area contributed by atoms with Crippen LogP contribution >= 0.6 is 0 Å². The summed E-state index contributed by atoms with van der Waals surface area (Å²) in [6.07, 6.45) is 3.47. The van der Waals surface area contributed by atoms with Gasteiger partial charge in [-0.3, -0.25) is 4.79 Å². The van der Waals surface area contributed by atoms with E-state index in [1.807, 2.05) is 6.07 Å². The summed E-state index contributed by atoms with van der Waals surface area (Å²) >= 11 is 0. The fraction of sp³-hybridized carbons (Fsp3) is 0.611. The molecule has 116 valence electrons. The summed E-state index contributed by atoms with van der Waals surface area (Å²) in [5.74, 6) is 2.46. The predicted octanol–water partition coefficient (Wildman–Crippen LogP) is 1.93. The van der Waals surface area contributed by atoms with Gasteiger partial charge in [0.25, 0.3) is 0 Å². The largest absolute Gasteiger partial charge is 0.493 e. The van der Waals surface area contributed by atoms with Crippen molar-refractivity contribution in [1.82, 2.24) is 4.90 Å². The van der Waals surface area contributed by atoms with Crippen LogP contribution < -0.4 is 9.47 Å². The van der Waals surface area contributed by atoms with E-state index in [1.54, 1.807) is 7.11 Å². The summed E-state index contributed by atoms with van der Waals surface area (Å²) in [4.78, 5) is 15.1. The Morgan fingerprint density at radius 3 is 3.09 bits per heavy atom. The number of methoxy groups -OCH3 is 1. The molecule has 0 N–H and O–H groups in total. The third-order valence-electron chi connectivity index (χ3n) is 6.59. The molecule has 0 amide bonds. The number of likely N-dealkylation sites (N-methyl/N-ethyl adjacent to an activating group) is 1. The van der Waals surface area contributed by atoms with Crippen molar-refractivity contribution in [2.45, 2.75) is 43.2 Å². The number of ether oxygens (including phenoxy) is 2. The molecule has 4 nitrogen and oxygen atoms in total. The lowest BCUT2D eigenvalue weighted by molar-refractivity contribution is -0.138. The number of carbonyl (C=O) groups is 1. The fourth-order valence-corrected chi connectivity index (χ4v) is 5.67. The molecule has 2 unspecified atom stereocenters. The molecule has 4 atom stereocenters. The average molecular weight is 299 g/mol. The number of rotatable bonds is 1. The molecule has 2 aliphatic carbocycles. The van der Waals surface area contributed by atoms with Gasteiger partial charge in [-0.05, 0) is 50.4 Å². The second-order valence-electron chi connectivity index (χ2n) is 7.28. The maximum absolute atomic E-state index is 12.6. The summed E-state index contributed by atoms with van der Waals surface area (Å²) in [6.45, 7) is 1.05. The van der Waals surface area contributed by atoms with Gasteiger partial charge in [0.2, 0.25) is 0 Å². The Morgan fingerprint density at radius 2 is 2.27 bits per heavy atom. The number of hydrogen-bond acceptors (Lipinski definition) is 4. The summed E-state index contributed by atoms with van der Waals surface area (Å²) in [5, 5.41) is 0. The van der Waals surface area contributed by atoms with Crippen molar-refractivity contribution in [3.05, 3.63) is 23.3 Å². The van der Waals surface area contributed by atoms with E-state index in [0.717, 1.165) is 37.3 Å². The zero-order valence-corrected chi connectivity index (χ0v) is 13.1. The van der Waals surface area contributed by atoms with Crippen LogP contribution in [0, 0.1) is 5.92 Å². The fourth-order valence-electron chi connectivity index (χ4n) is 5.67. The van der Waals surface area contributed by atoms with Crippen LogP contribution in [0.15, 0.2) is 12.1 Å². The molecule has 2 bridgehead atoms. The molecule has 1 aromatic carbocycles. The minimum absolute atomic E-state index is 0.0933. The highest BCUT2D eigenvalue weighted by Gasteiger charge is 2.65. The highest BCUT2D eigenvalue weighted by molar-refractivity contribution is 5.89. The maximum atomic E-state index is 12.6. The lowest BCUT2D eigenvalue weighted by Gasteiger charge is -2.57. The lowest BCUT2D eigenvalue weighted by atomic mass is 9.52. The molecule has 1 aromatic rings. The number of piperidine rings is 1. The molecule has 1 saturated carbocycles. The number of benzene rings is 1. The minimum Gasteiger partial charge on any atom is -0.493 e. The second kappa shape index (κ2) is 4.05. The highest BCUT2D eigenvalue weighted by Crippen LogP contribution is 2.62. The number of hydrogen-bond donors (Lipinski definition) is 0. The first-order valence-electron chi connectivity index (χ1n) is 8.27. The number of Topliss-reactive ketones (excluding diaryl/α,β-unsaturated/α-hetero) is 1. The van der Waals surface area contributed by atoms with Gasteiger partial charge in [-0.15, -0.1) is 0 Å². The van der Waals surface area contributed by atoms with Crippen molar-refractivity contribution >= 4 is 5.78 Å². The minimum atomic E-state index is -0.284. The average Bonchev–Trinajstić information content (AvgIpc) is 2.88. The Morgan fingerprint density at radius 1 is 1.41 bits per heavy atom. The summed E-state index contributed by atoms with van der Waals surface area (Å²) in [5.41, 5.74) is 2.57. The number of ketones is 1. The van der Waals surface area contributed by atoms with Crippen molar-refractivity contribution in [3.8, 4) is 11.5 Å². The van der Waals surface area contributed by atoms with Crippen LogP contribution in [0.4, 0.5) is 0 Å².